The molecule has 0 fully saturated rings. The minimum absolute atomic E-state index is 0.251. The Bertz CT molecular complexity index is 114. The normalized spacial score (nSPS) is 8.12. The Balaban J connectivity index is 3.40. The summed E-state index contributed by atoms with van der Waals surface area (Å²) >= 11 is 1.83. The highest BCUT2D eigenvalue weighted by Gasteiger charge is 1.98. The van der Waals surface area contributed by atoms with Gasteiger partial charge in [0, 0.05) is 0 Å². The molecule has 0 heterocycles. The Labute approximate surface area is 59.9 Å². The van der Waals surface area contributed by atoms with Gasteiger partial charge in [-0.3, -0.25) is 10.1 Å². The fourth-order valence-corrected chi connectivity index (χ4v) is 0.362. The Morgan fingerprint density at radius 3 is 2.25 bits per heavy atom. The van der Waals surface area contributed by atoms with Gasteiger partial charge in [0.1, 0.15) is 0 Å². The number of urea groups is 1. The highest BCUT2D eigenvalue weighted by Crippen LogP contribution is 1.77. The van der Waals surface area contributed by atoms with Crippen LogP contribution in [-0.4, -0.2) is 16.4 Å². The molecule has 0 bridgehead atoms. The lowest BCUT2D eigenvalue weighted by Gasteiger charge is -1.91. The average Bonchev–Trinajstić information content (AvgIpc) is 1.65. The summed E-state index contributed by atoms with van der Waals surface area (Å²) in [6.07, 6.45) is 0. The van der Waals surface area contributed by atoms with E-state index in [1.54, 1.807) is 0 Å². The summed E-state index contributed by atoms with van der Waals surface area (Å²) in [4.78, 5) is 20.1. The molecule has 46 valence electrons. The highest BCUT2D eigenvalue weighted by atomic mass is 127. The number of nitrogens with two attached hydrogens (primary N) is 1. The topological polar surface area (TPSA) is 72.2 Å². The minimum Gasteiger partial charge on any atom is -0.351 e. The summed E-state index contributed by atoms with van der Waals surface area (Å²) in [5, 5.41) is 1.88. The van der Waals surface area contributed by atoms with Crippen LogP contribution >= 0.6 is 22.6 Å². The summed E-state index contributed by atoms with van der Waals surface area (Å²) in [6, 6.07) is -0.799. The molecular formula is C3H5IN2O2. The molecule has 0 aliphatic rings. The summed E-state index contributed by atoms with van der Waals surface area (Å²) < 4.78 is 0.251. The van der Waals surface area contributed by atoms with Gasteiger partial charge in [0.15, 0.2) is 0 Å². The van der Waals surface area contributed by atoms with Crippen LogP contribution in [0.3, 0.4) is 0 Å². The zero-order valence-corrected chi connectivity index (χ0v) is 6.14. The first-order chi connectivity index (χ1) is 3.66. The van der Waals surface area contributed by atoms with Crippen LogP contribution in [0.15, 0.2) is 0 Å². The van der Waals surface area contributed by atoms with Crippen LogP contribution in [0.2, 0.25) is 0 Å². The summed E-state index contributed by atoms with van der Waals surface area (Å²) in [7, 11) is 0. The number of nitrogens with one attached hydrogen (secondary N) is 1. The number of carbonyl (C=O) groups excluding carboxylic acids is 2. The van der Waals surface area contributed by atoms with Gasteiger partial charge in [0.05, 0.1) is 4.43 Å². The minimum atomic E-state index is -0.799. The van der Waals surface area contributed by atoms with E-state index >= 15 is 0 Å². The quantitative estimate of drug-likeness (QED) is 0.474. The maximum Gasteiger partial charge on any atom is 0.318 e. The lowest BCUT2D eigenvalue weighted by atomic mass is 10.7. The second-order valence-corrected chi connectivity index (χ2v) is 1.81. The van der Waals surface area contributed by atoms with Crippen molar-refractivity contribution in [2.45, 2.75) is 0 Å². The van der Waals surface area contributed by atoms with E-state index in [9.17, 15) is 9.59 Å². The lowest BCUT2D eigenvalue weighted by Crippen LogP contribution is -2.35. The van der Waals surface area contributed by atoms with Gasteiger partial charge in [0.25, 0.3) is 0 Å². The highest BCUT2D eigenvalue weighted by molar-refractivity contribution is 14.1. The largest absolute Gasteiger partial charge is 0.351 e. The van der Waals surface area contributed by atoms with Crippen molar-refractivity contribution < 1.29 is 9.59 Å². The third-order valence-corrected chi connectivity index (χ3v) is 1.08. The number of alkyl halides is 1. The standard InChI is InChI=1S/C3H5IN2O2/c4-1-2(7)6-3(5)8/h1H2,(H3,5,6,7,8). The zero-order chi connectivity index (χ0) is 6.57. The second kappa shape index (κ2) is 3.65. The molecule has 0 spiro atoms. The van der Waals surface area contributed by atoms with Crippen LogP contribution in [0.5, 0.6) is 0 Å². The van der Waals surface area contributed by atoms with Gasteiger partial charge in [0.2, 0.25) is 5.91 Å². The molecule has 0 saturated carbocycles. The van der Waals surface area contributed by atoms with E-state index in [4.69, 9.17) is 0 Å². The van der Waals surface area contributed by atoms with Gasteiger partial charge in [-0.25, -0.2) is 4.79 Å². The molecule has 0 aromatic carbocycles. The SMILES string of the molecule is NC(=O)NC(=O)CI. The molecule has 0 rings (SSSR count). The molecule has 4 nitrogen and oxygen atoms in total. The fourth-order valence-electron chi connectivity index (χ4n) is 0.171. The van der Waals surface area contributed by atoms with Crippen molar-refractivity contribution in [3.63, 3.8) is 0 Å². The first-order valence-electron chi connectivity index (χ1n) is 1.82. The Hall–Kier alpha value is -0.330. The van der Waals surface area contributed by atoms with Crippen molar-refractivity contribution in [3.05, 3.63) is 0 Å². The van der Waals surface area contributed by atoms with E-state index in [0.29, 0.717) is 0 Å². The van der Waals surface area contributed by atoms with Gasteiger partial charge in [-0.1, -0.05) is 22.6 Å². The van der Waals surface area contributed by atoms with Gasteiger partial charge >= 0.3 is 6.03 Å². The Morgan fingerprint density at radius 1 is 1.62 bits per heavy atom. The van der Waals surface area contributed by atoms with E-state index in [1.165, 1.54) is 0 Å². The van der Waals surface area contributed by atoms with Gasteiger partial charge in [-0.15, -0.1) is 0 Å². The summed E-state index contributed by atoms with van der Waals surface area (Å²) in [5.74, 6) is -0.363. The number of carbonyl (C=O) groups is 2. The molecule has 3 amide bonds. The van der Waals surface area contributed by atoms with E-state index in [2.05, 4.69) is 5.73 Å². The van der Waals surface area contributed by atoms with Crippen molar-refractivity contribution in [2.75, 3.05) is 4.43 Å². The second-order valence-electron chi connectivity index (χ2n) is 1.05. The molecule has 0 radical (unpaired) electrons. The van der Waals surface area contributed by atoms with E-state index < -0.39 is 6.03 Å². The lowest BCUT2D eigenvalue weighted by molar-refractivity contribution is -0.117. The molecule has 0 saturated heterocycles. The summed E-state index contributed by atoms with van der Waals surface area (Å²) in [5.41, 5.74) is 4.59. The number of halogens is 1. The molecular weight excluding hydrogens is 223 g/mol. The van der Waals surface area contributed by atoms with Crippen molar-refractivity contribution in [1.29, 1.82) is 0 Å². The number of primary amides is 1. The number of amides is 3. The summed E-state index contributed by atoms with van der Waals surface area (Å²) in [6.45, 7) is 0. The van der Waals surface area contributed by atoms with Crippen molar-refractivity contribution in [2.24, 2.45) is 5.73 Å². The number of hydrogen-bond donors (Lipinski definition) is 2. The first kappa shape index (κ1) is 7.67. The van der Waals surface area contributed by atoms with Crippen LogP contribution in [-0.2, 0) is 4.79 Å². The number of hydrogen-bond acceptors (Lipinski definition) is 2. The zero-order valence-electron chi connectivity index (χ0n) is 3.98. The number of imide groups is 1. The maximum atomic E-state index is 10.2. The van der Waals surface area contributed by atoms with Crippen molar-refractivity contribution in [3.8, 4) is 0 Å². The Kier molecular flexibility index (Phi) is 3.49. The van der Waals surface area contributed by atoms with Crippen LogP contribution < -0.4 is 11.1 Å². The third-order valence-electron chi connectivity index (χ3n) is 0.384. The molecule has 0 unspecified atom stereocenters. The van der Waals surface area contributed by atoms with Crippen LogP contribution in [0, 0.1) is 0 Å². The van der Waals surface area contributed by atoms with E-state index in [-0.39, 0.29) is 10.3 Å². The van der Waals surface area contributed by atoms with Gasteiger partial charge in [-0.05, 0) is 0 Å². The van der Waals surface area contributed by atoms with Crippen molar-refractivity contribution in [1.82, 2.24) is 5.32 Å². The van der Waals surface area contributed by atoms with Crippen LogP contribution in [0.4, 0.5) is 4.79 Å². The molecule has 3 N–H and O–H groups in total. The smallest absolute Gasteiger partial charge is 0.318 e. The predicted octanol–water partition coefficient (Wildman–Crippen LogP) is -0.384. The third kappa shape index (κ3) is 3.85. The predicted molar refractivity (Wildman–Crippen MR) is 36.6 cm³/mol. The van der Waals surface area contributed by atoms with Gasteiger partial charge < -0.3 is 5.73 Å². The van der Waals surface area contributed by atoms with Crippen LogP contribution in [0.1, 0.15) is 0 Å². The molecule has 8 heavy (non-hydrogen) atoms. The number of rotatable bonds is 1. The average molecular weight is 228 g/mol. The maximum absolute atomic E-state index is 10.2. The molecule has 0 atom stereocenters. The molecule has 0 aliphatic carbocycles. The molecule has 0 aromatic heterocycles. The first-order valence-corrected chi connectivity index (χ1v) is 3.34. The Morgan fingerprint density at radius 2 is 2.12 bits per heavy atom. The van der Waals surface area contributed by atoms with Gasteiger partial charge in [-0.2, -0.15) is 0 Å². The fraction of sp³-hybridized carbons (Fsp3) is 0.333. The van der Waals surface area contributed by atoms with Crippen LogP contribution in [0.25, 0.3) is 0 Å². The van der Waals surface area contributed by atoms with E-state index in [0.717, 1.165) is 0 Å². The molecule has 0 aliphatic heterocycles. The van der Waals surface area contributed by atoms with E-state index in [1.807, 2.05) is 27.9 Å². The molecule has 5 heteroatoms. The van der Waals surface area contributed by atoms with Crippen molar-refractivity contribution >= 4 is 34.5 Å². The molecule has 0 aromatic rings. The monoisotopic (exact) mass is 228 g/mol.